The summed E-state index contributed by atoms with van der Waals surface area (Å²) in [7, 11) is 1.89. The summed E-state index contributed by atoms with van der Waals surface area (Å²) < 4.78 is 20.0. The normalized spacial score (nSPS) is 10.5. The van der Waals surface area contributed by atoms with Crippen molar-refractivity contribution >= 4 is 15.9 Å². The average Bonchev–Trinajstić information content (AvgIpc) is 2.38. The molecule has 0 radical (unpaired) electrons. The molecule has 2 nitrogen and oxygen atoms in total. The Labute approximate surface area is 120 Å². The second kappa shape index (κ2) is 6.68. The first-order chi connectivity index (χ1) is 9.19. The van der Waals surface area contributed by atoms with E-state index in [9.17, 15) is 4.39 Å². The van der Waals surface area contributed by atoms with Gasteiger partial charge < -0.3 is 10.1 Å². The molecular formula is C15H15BrFNO. The Morgan fingerprint density at radius 3 is 2.79 bits per heavy atom. The van der Waals surface area contributed by atoms with Gasteiger partial charge in [0.1, 0.15) is 18.2 Å². The zero-order chi connectivity index (χ0) is 13.7. The van der Waals surface area contributed by atoms with Crippen LogP contribution in [0.4, 0.5) is 4.39 Å². The fraction of sp³-hybridized carbons (Fsp3) is 0.200. The molecular weight excluding hydrogens is 309 g/mol. The molecule has 0 aliphatic heterocycles. The highest BCUT2D eigenvalue weighted by Crippen LogP contribution is 2.19. The van der Waals surface area contributed by atoms with E-state index in [-0.39, 0.29) is 12.4 Å². The third-order valence-corrected chi connectivity index (χ3v) is 3.18. The second-order valence-corrected chi connectivity index (χ2v) is 5.12. The molecule has 1 N–H and O–H groups in total. The zero-order valence-corrected chi connectivity index (χ0v) is 12.2. The SMILES string of the molecule is CNCc1cccc(OCc2ccc(Br)cc2F)c1. The van der Waals surface area contributed by atoms with E-state index in [0.717, 1.165) is 22.3 Å². The molecule has 0 atom stereocenters. The zero-order valence-electron chi connectivity index (χ0n) is 10.6. The lowest BCUT2D eigenvalue weighted by Crippen LogP contribution is -2.05. The molecule has 0 heterocycles. The Kier molecular flexibility index (Phi) is 4.93. The van der Waals surface area contributed by atoms with Crippen LogP contribution in [0.25, 0.3) is 0 Å². The highest BCUT2D eigenvalue weighted by Gasteiger charge is 2.04. The summed E-state index contributed by atoms with van der Waals surface area (Å²) in [6.07, 6.45) is 0. The molecule has 4 heteroatoms. The summed E-state index contributed by atoms with van der Waals surface area (Å²) in [5, 5.41) is 3.08. The number of hydrogen-bond acceptors (Lipinski definition) is 2. The molecule has 0 saturated carbocycles. The first kappa shape index (κ1) is 14.0. The van der Waals surface area contributed by atoms with Gasteiger partial charge in [-0.25, -0.2) is 4.39 Å². The third kappa shape index (κ3) is 4.04. The van der Waals surface area contributed by atoms with Gasteiger partial charge in [-0.1, -0.05) is 34.1 Å². The number of hydrogen-bond donors (Lipinski definition) is 1. The summed E-state index contributed by atoms with van der Waals surface area (Å²) in [6, 6.07) is 12.7. The van der Waals surface area contributed by atoms with Crippen LogP contribution in [-0.2, 0) is 13.2 Å². The van der Waals surface area contributed by atoms with Crippen molar-refractivity contribution in [2.24, 2.45) is 0 Å². The van der Waals surface area contributed by atoms with Crippen molar-refractivity contribution in [3.8, 4) is 5.75 Å². The predicted octanol–water partition coefficient (Wildman–Crippen LogP) is 3.89. The molecule has 2 aromatic rings. The van der Waals surface area contributed by atoms with Crippen molar-refractivity contribution in [2.75, 3.05) is 7.05 Å². The van der Waals surface area contributed by atoms with Crippen molar-refractivity contribution < 1.29 is 9.13 Å². The molecule has 2 rings (SSSR count). The van der Waals surface area contributed by atoms with Crippen molar-refractivity contribution in [2.45, 2.75) is 13.2 Å². The third-order valence-electron chi connectivity index (χ3n) is 2.69. The van der Waals surface area contributed by atoms with E-state index in [0.29, 0.717) is 5.56 Å². The van der Waals surface area contributed by atoms with Gasteiger partial charge in [-0.3, -0.25) is 0 Å². The van der Waals surface area contributed by atoms with Crippen LogP contribution in [0.1, 0.15) is 11.1 Å². The van der Waals surface area contributed by atoms with Crippen LogP contribution in [0.2, 0.25) is 0 Å². The summed E-state index contributed by atoms with van der Waals surface area (Å²) in [4.78, 5) is 0. The van der Waals surface area contributed by atoms with Crippen LogP contribution in [0, 0.1) is 5.82 Å². The molecule has 19 heavy (non-hydrogen) atoms. The average molecular weight is 324 g/mol. The number of ether oxygens (including phenoxy) is 1. The summed E-state index contributed by atoms with van der Waals surface area (Å²) in [6.45, 7) is 1.01. The van der Waals surface area contributed by atoms with Gasteiger partial charge in [0.25, 0.3) is 0 Å². The first-order valence-electron chi connectivity index (χ1n) is 5.99. The van der Waals surface area contributed by atoms with Gasteiger partial charge in [0, 0.05) is 16.6 Å². The smallest absolute Gasteiger partial charge is 0.130 e. The van der Waals surface area contributed by atoms with Gasteiger partial charge in [0.2, 0.25) is 0 Å². The van der Waals surface area contributed by atoms with Crippen molar-refractivity contribution in [1.29, 1.82) is 0 Å². The van der Waals surface area contributed by atoms with Crippen molar-refractivity contribution in [3.05, 3.63) is 63.9 Å². The molecule has 0 amide bonds. The molecule has 0 aliphatic rings. The summed E-state index contributed by atoms with van der Waals surface area (Å²) in [5.74, 6) is 0.482. The van der Waals surface area contributed by atoms with Crippen LogP contribution in [0.15, 0.2) is 46.9 Å². The maximum absolute atomic E-state index is 13.6. The van der Waals surface area contributed by atoms with E-state index < -0.39 is 0 Å². The van der Waals surface area contributed by atoms with Crippen molar-refractivity contribution in [1.82, 2.24) is 5.32 Å². The minimum absolute atomic E-state index is 0.224. The Balaban J connectivity index is 2.03. The van der Waals surface area contributed by atoms with E-state index in [1.807, 2.05) is 31.3 Å². The highest BCUT2D eigenvalue weighted by atomic mass is 79.9. The molecule has 0 aromatic heterocycles. The number of rotatable bonds is 5. The number of halogens is 2. The number of benzene rings is 2. The van der Waals surface area contributed by atoms with Gasteiger partial charge in [-0.05, 0) is 36.9 Å². The quantitative estimate of drug-likeness (QED) is 0.901. The lowest BCUT2D eigenvalue weighted by Gasteiger charge is -2.09. The van der Waals surface area contributed by atoms with Crippen molar-refractivity contribution in [3.63, 3.8) is 0 Å². The molecule has 0 bridgehead atoms. The Morgan fingerprint density at radius 1 is 1.21 bits per heavy atom. The van der Waals surface area contributed by atoms with Crippen LogP contribution in [-0.4, -0.2) is 7.05 Å². The van der Waals surface area contributed by atoms with Crippen LogP contribution < -0.4 is 10.1 Å². The van der Waals surface area contributed by atoms with Gasteiger partial charge in [0.15, 0.2) is 0 Å². The lowest BCUT2D eigenvalue weighted by molar-refractivity contribution is 0.299. The van der Waals surface area contributed by atoms with E-state index in [4.69, 9.17) is 4.74 Å². The van der Waals surface area contributed by atoms with E-state index in [2.05, 4.69) is 21.2 Å². The minimum Gasteiger partial charge on any atom is -0.489 e. The monoisotopic (exact) mass is 323 g/mol. The van der Waals surface area contributed by atoms with Gasteiger partial charge in [0.05, 0.1) is 0 Å². The molecule has 0 unspecified atom stereocenters. The molecule has 0 fully saturated rings. The molecule has 0 spiro atoms. The minimum atomic E-state index is -0.263. The predicted molar refractivity (Wildman–Crippen MR) is 77.6 cm³/mol. The van der Waals surface area contributed by atoms with Crippen LogP contribution in [0.5, 0.6) is 5.75 Å². The maximum Gasteiger partial charge on any atom is 0.130 e. The fourth-order valence-electron chi connectivity index (χ4n) is 1.75. The van der Waals surface area contributed by atoms with Gasteiger partial charge in [-0.15, -0.1) is 0 Å². The van der Waals surface area contributed by atoms with Crippen LogP contribution in [0.3, 0.4) is 0 Å². The topological polar surface area (TPSA) is 21.3 Å². The van der Waals surface area contributed by atoms with Gasteiger partial charge in [-0.2, -0.15) is 0 Å². The Hall–Kier alpha value is -1.39. The Morgan fingerprint density at radius 2 is 2.05 bits per heavy atom. The van der Waals surface area contributed by atoms with E-state index >= 15 is 0 Å². The second-order valence-electron chi connectivity index (χ2n) is 4.20. The first-order valence-corrected chi connectivity index (χ1v) is 6.78. The van der Waals surface area contributed by atoms with Crippen LogP contribution >= 0.6 is 15.9 Å². The maximum atomic E-state index is 13.6. The van der Waals surface area contributed by atoms with E-state index in [1.165, 1.54) is 6.07 Å². The lowest BCUT2D eigenvalue weighted by atomic mass is 10.2. The van der Waals surface area contributed by atoms with Gasteiger partial charge >= 0.3 is 0 Å². The fourth-order valence-corrected chi connectivity index (χ4v) is 2.08. The summed E-state index contributed by atoms with van der Waals surface area (Å²) >= 11 is 3.23. The molecule has 2 aromatic carbocycles. The standard InChI is InChI=1S/C15H15BrFNO/c1-18-9-11-3-2-4-14(7-11)19-10-12-5-6-13(16)8-15(12)17/h2-8,18H,9-10H2,1H3. The molecule has 100 valence electrons. The molecule has 0 saturated heterocycles. The number of nitrogens with one attached hydrogen (secondary N) is 1. The Bertz CT molecular complexity index is 560. The largest absolute Gasteiger partial charge is 0.489 e. The summed E-state index contributed by atoms with van der Waals surface area (Å²) in [5.41, 5.74) is 1.68. The highest BCUT2D eigenvalue weighted by molar-refractivity contribution is 9.10. The molecule has 0 aliphatic carbocycles. The van der Waals surface area contributed by atoms with E-state index in [1.54, 1.807) is 12.1 Å².